The number of anilines is 1. The molecular formula is C5H5N3O3S. The summed E-state index contributed by atoms with van der Waals surface area (Å²) in [5.41, 5.74) is 2.08. The number of carboxylic acids is 1. The van der Waals surface area contributed by atoms with Crippen LogP contribution in [0.5, 0.6) is 0 Å². The van der Waals surface area contributed by atoms with Gasteiger partial charge in [-0.2, -0.15) is 0 Å². The number of aromatic nitrogens is 1. The van der Waals surface area contributed by atoms with Crippen molar-refractivity contribution in [2.75, 3.05) is 5.43 Å². The maximum atomic E-state index is 10.2. The van der Waals surface area contributed by atoms with Crippen LogP contribution in [0.1, 0.15) is 5.01 Å². The summed E-state index contributed by atoms with van der Waals surface area (Å²) in [6, 6.07) is 0. The second kappa shape index (κ2) is 3.77. The van der Waals surface area contributed by atoms with Crippen LogP contribution < -0.4 is 5.43 Å². The van der Waals surface area contributed by atoms with E-state index < -0.39 is 5.97 Å². The minimum Gasteiger partial charge on any atom is -0.481 e. The van der Waals surface area contributed by atoms with Crippen LogP contribution in [0.3, 0.4) is 0 Å². The van der Waals surface area contributed by atoms with Crippen molar-refractivity contribution in [3.8, 4) is 0 Å². The molecule has 12 heavy (non-hydrogen) atoms. The molecule has 0 atom stereocenters. The van der Waals surface area contributed by atoms with Gasteiger partial charge in [-0.05, 0) is 0 Å². The van der Waals surface area contributed by atoms with Crippen LogP contribution in [0, 0.1) is 4.91 Å². The molecule has 7 heteroatoms. The van der Waals surface area contributed by atoms with Crippen molar-refractivity contribution in [3.05, 3.63) is 15.3 Å². The van der Waals surface area contributed by atoms with E-state index in [0.29, 0.717) is 5.01 Å². The number of carboxylic acid groups (broad SMARTS) is 1. The molecule has 0 aliphatic rings. The summed E-state index contributed by atoms with van der Waals surface area (Å²) >= 11 is 1.16. The third-order valence-electron chi connectivity index (χ3n) is 1.01. The summed E-state index contributed by atoms with van der Waals surface area (Å²) in [6.07, 6.45) is -0.134. The van der Waals surface area contributed by atoms with E-state index in [1.54, 1.807) is 0 Å². The molecule has 2 N–H and O–H groups in total. The number of thiazole rings is 1. The van der Waals surface area contributed by atoms with E-state index in [1.165, 1.54) is 5.38 Å². The third-order valence-corrected chi connectivity index (χ3v) is 1.86. The molecule has 1 rings (SSSR count). The molecule has 0 unspecified atom stereocenters. The molecule has 0 aliphatic heterocycles. The summed E-state index contributed by atoms with van der Waals surface area (Å²) < 4.78 is 0. The Hall–Kier alpha value is -1.50. The van der Waals surface area contributed by atoms with E-state index in [-0.39, 0.29) is 12.2 Å². The standard InChI is InChI=1S/C5H5N3O3S/c9-5(10)1-4-6-3(2-12-4)7-8-11/h2H,1H2,(H,7,11)(H,9,10). The van der Waals surface area contributed by atoms with Crippen molar-refractivity contribution in [2.24, 2.45) is 5.29 Å². The van der Waals surface area contributed by atoms with E-state index >= 15 is 0 Å². The second-order valence-electron chi connectivity index (χ2n) is 1.90. The largest absolute Gasteiger partial charge is 0.481 e. The van der Waals surface area contributed by atoms with Gasteiger partial charge in [0.05, 0.1) is 11.7 Å². The first-order chi connectivity index (χ1) is 5.72. The number of aliphatic carboxylic acids is 1. The Bertz CT molecular complexity index is 298. The monoisotopic (exact) mass is 187 g/mol. The lowest BCUT2D eigenvalue weighted by molar-refractivity contribution is -0.136. The molecule has 0 aliphatic carbocycles. The number of rotatable bonds is 4. The highest BCUT2D eigenvalue weighted by atomic mass is 32.1. The summed E-state index contributed by atoms with van der Waals surface area (Å²) in [7, 11) is 0. The highest BCUT2D eigenvalue weighted by Gasteiger charge is 2.05. The molecular weight excluding hydrogens is 182 g/mol. The molecule has 64 valence electrons. The molecule has 0 amide bonds. The Kier molecular flexibility index (Phi) is 2.70. The number of nitrogens with zero attached hydrogens (tertiary/aromatic N) is 2. The van der Waals surface area contributed by atoms with Crippen molar-refractivity contribution >= 4 is 23.1 Å². The van der Waals surface area contributed by atoms with Crippen molar-refractivity contribution in [2.45, 2.75) is 6.42 Å². The second-order valence-corrected chi connectivity index (χ2v) is 2.84. The lowest BCUT2D eigenvalue weighted by Crippen LogP contribution is -1.99. The fraction of sp³-hybridized carbons (Fsp3) is 0.200. The van der Waals surface area contributed by atoms with Gasteiger partial charge < -0.3 is 5.11 Å². The van der Waals surface area contributed by atoms with E-state index in [1.807, 2.05) is 0 Å². The Morgan fingerprint density at radius 2 is 2.58 bits per heavy atom. The minimum atomic E-state index is -0.949. The highest BCUT2D eigenvalue weighted by Crippen LogP contribution is 2.14. The van der Waals surface area contributed by atoms with Crippen LogP contribution in [0.2, 0.25) is 0 Å². The number of carbonyl (C=O) groups is 1. The van der Waals surface area contributed by atoms with Crippen LogP contribution >= 0.6 is 11.3 Å². The maximum Gasteiger partial charge on any atom is 0.310 e. The van der Waals surface area contributed by atoms with E-state index in [2.05, 4.69) is 15.7 Å². The Balaban J connectivity index is 2.63. The fourth-order valence-corrected chi connectivity index (χ4v) is 1.33. The van der Waals surface area contributed by atoms with Crippen LogP contribution in [0.15, 0.2) is 10.7 Å². The molecule has 0 aromatic carbocycles. The Morgan fingerprint density at radius 1 is 1.83 bits per heavy atom. The average molecular weight is 187 g/mol. The van der Waals surface area contributed by atoms with Gasteiger partial charge in [0.1, 0.15) is 5.01 Å². The summed E-state index contributed by atoms with van der Waals surface area (Å²) in [5.74, 6) is -0.666. The van der Waals surface area contributed by atoms with E-state index in [4.69, 9.17) is 5.11 Å². The van der Waals surface area contributed by atoms with Crippen LogP contribution in [0.4, 0.5) is 5.82 Å². The molecule has 0 spiro atoms. The molecule has 0 fully saturated rings. The normalized spacial score (nSPS) is 9.33. The van der Waals surface area contributed by atoms with Crippen molar-refractivity contribution in [1.82, 2.24) is 4.98 Å². The summed E-state index contributed by atoms with van der Waals surface area (Å²) in [5, 5.41) is 12.7. The minimum absolute atomic E-state index is 0.134. The zero-order valence-corrected chi connectivity index (χ0v) is 6.67. The van der Waals surface area contributed by atoms with Gasteiger partial charge in [0, 0.05) is 5.38 Å². The summed E-state index contributed by atoms with van der Waals surface area (Å²) in [4.78, 5) is 23.7. The van der Waals surface area contributed by atoms with E-state index in [0.717, 1.165) is 11.3 Å². The van der Waals surface area contributed by atoms with Gasteiger partial charge in [-0.3, -0.25) is 4.79 Å². The fourth-order valence-electron chi connectivity index (χ4n) is 0.620. The highest BCUT2D eigenvalue weighted by molar-refractivity contribution is 7.10. The van der Waals surface area contributed by atoms with Gasteiger partial charge in [-0.25, -0.2) is 10.4 Å². The SMILES string of the molecule is O=NNc1csc(CC(=O)O)n1. The first-order valence-corrected chi connectivity index (χ1v) is 3.85. The van der Waals surface area contributed by atoms with Gasteiger partial charge >= 0.3 is 5.97 Å². The van der Waals surface area contributed by atoms with E-state index in [9.17, 15) is 9.70 Å². The van der Waals surface area contributed by atoms with Crippen molar-refractivity contribution in [3.63, 3.8) is 0 Å². The molecule has 1 heterocycles. The Labute approximate surface area is 71.2 Å². The van der Waals surface area contributed by atoms with Gasteiger partial charge in [0.15, 0.2) is 5.82 Å². The molecule has 0 radical (unpaired) electrons. The lowest BCUT2D eigenvalue weighted by atomic mass is 10.5. The number of hydrogen-bond acceptors (Lipinski definition) is 5. The maximum absolute atomic E-state index is 10.2. The van der Waals surface area contributed by atoms with Crippen molar-refractivity contribution in [1.29, 1.82) is 0 Å². The molecule has 0 saturated carbocycles. The van der Waals surface area contributed by atoms with Gasteiger partial charge in [-0.15, -0.1) is 16.2 Å². The predicted molar refractivity (Wildman–Crippen MR) is 42.9 cm³/mol. The number of hydrogen-bond donors (Lipinski definition) is 2. The molecule has 0 bridgehead atoms. The molecule has 1 aromatic heterocycles. The first kappa shape index (κ1) is 8.60. The van der Waals surface area contributed by atoms with Gasteiger partial charge in [-0.1, -0.05) is 0 Å². The average Bonchev–Trinajstić information content (AvgIpc) is 2.36. The molecule has 6 nitrogen and oxygen atoms in total. The molecule has 0 saturated heterocycles. The smallest absolute Gasteiger partial charge is 0.310 e. The topological polar surface area (TPSA) is 91.7 Å². The zero-order chi connectivity index (χ0) is 8.97. The van der Waals surface area contributed by atoms with Crippen molar-refractivity contribution < 1.29 is 9.90 Å². The lowest BCUT2D eigenvalue weighted by Gasteiger charge is -1.87. The quantitative estimate of drug-likeness (QED) is 0.538. The number of nitroso groups, excluding NO2 is 1. The zero-order valence-electron chi connectivity index (χ0n) is 5.85. The summed E-state index contributed by atoms with van der Waals surface area (Å²) in [6.45, 7) is 0. The van der Waals surface area contributed by atoms with Crippen LogP contribution in [0.25, 0.3) is 0 Å². The predicted octanol–water partition coefficient (Wildman–Crippen LogP) is 0.863. The van der Waals surface area contributed by atoms with Gasteiger partial charge in [0.25, 0.3) is 0 Å². The molecule has 1 aromatic rings. The third kappa shape index (κ3) is 2.27. The Morgan fingerprint density at radius 3 is 3.17 bits per heavy atom. The van der Waals surface area contributed by atoms with Crippen LogP contribution in [-0.2, 0) is 11.2 Å². The first-order valence-electron chi connectivity index (χ1n) is 2.97. The van der Waals surface area contributed by atoms with Crippen LogP contribution in [-0.4, -0.2) is 16.1 Å². The number of nitrogens with one attached hydrogen (secondary N) is 1. The van der Waals surface area contributed by atoms with Gasteiger partial charge in [0.2, 0.25) is 0 Å².